The van der Waals surface area contributed by atoms with Crippen molar-refractivity contribution in [1.29, 1.82) is 0 Å². The number of ketones is 1. The van der Waals surface area contributed by atoms with Crippen molar-refractivity contribution in [3.05, 3.63) is 84.0 Å². The molecule has 2 aromatic carbocycles. The van der Waals surface area contributed by atoms with Crippen LogP contribution in [0.2, 0.25) is 0 Å². The maximum Gasteiger partial charge on any atom is 0.178 e. The van der Waals surface area contributed by atoms with E-state index in [2.05, 4.69) is 0 Å². The summed E-state index contributed by atoms with van der Waals surface area (Å²) in [5.41, 5.74) is 1.70. The van der Waals surface area contributed by atoms with E-state index in [-0.39, 0.29) is 17.3 Å². The van der Waals surface area contributed by atoms with Gasteiger partial charge in [-0.2, -0.15) is 0 Å². The van der Waals surface area contributed by atoms with Crippen LogP contribution in [-0.2, 0) is 4.79 Å². The molecule has 22 heavy (non-hydrogen) atoms. The van der Waals surface area contributed by atoms with Crippen LogP contribution in [0.1, 0.15) is 11.1 Å². The van der Waals surface area contributed by atoms with Crippen LogP contribution in [0.25, 0.3) is 12.2 Å². The van der Waals surface area contributed by atoms with Gasteiger partial charge in [0, 0.05) is 0 Å². The van der Waals surface area contributed by atoms with E-state index in [1.165, 1.54) is 12.2 Å². The third kappa shape index (κ3) is 5.13. The van der Waals surface area contributed by atoms with E-state index in [1.807, 2.05) is 6.07 Å². The van der Waals surface area contributed by atoms with Crippen LogP contribution < -0.4 is 0 Å². The van der Waals surface area contributed by atoms with Crippen LogP contribution in [0, 0.1) is 0 Å². The standard InChI is InChI=1S/C19H16O3/c20-17(11-8-15-9-12-18(21)13-10-15)6-2-1-4-16-5-3-7-19(22)14-16/h1-14,21-22H/b4-1+,6-2+,11-8+. The molecule has 0 spiro atoms. The molecule has 0 bridgehead atoms. The summed E-state index contributed by atoms with van der Waals surface area (Å²) >= 11 is 0. The Balaban J connectivity index is 1.90. The fraction of sp³-hybridized carbons (Fsp3) is 0. The second-order valence-electron chi connectivity index (χ2n) is 4.64. The zero-order valence-corrected chi connectivity index (χ0v) is 11.9. The first-order chi connectivity index (χ1) is 10.6. The Morgan fingerprint density at radius 2 is 1.55 bits per heavy atom. The Morgan fingerprint density at radius 1 is 0.773 bits per heavy atom. The molecular formula is C19H16O3. The summed E-state index contributed by atoms with van der Waals surface area (Å²) in [6, 6.07) is 13.4. The summed E-state index contributed by atoms with van der Waals surface area (Å²) in [6.45, 7) is 0. The molecule has 0 radical (unpaired) electrons. The number of carbonyl (C=O) groups excluding carboxylic acids is 1. The number of phenolic OH excluding ortho intramolecular Hbond substituents is 2. The second-order valence-corrected chi connectivity index (χ2v) is 4.64. The predicted octanol–water partition coefficient (Wildman–Crippen LogP) is 3.95. The Morgan fingerprint density at radius 3 is 2.27 bits per heavy atom. The van der Waals surface area contributed by atoms with Crippen molar-refractivity contribution in [2.24, 2.45) is 0 Å². The van der Waals surface area contributed by atoms with Gasteiger partial charge < -0.3 is 10.2 Å². The number of allylic oxidation sites excluding steroid dienone is 4. The van der Waals surface area contributed by atoms with E-state index in [0.717, 1.165) is 11.1 Å². The number of aromatic hydroxyl groups is 2. The van der Waals surface area contributed by atoms with E-state index in [4.69, 9.17) is 5.11 Å². The van der Waals surface area contributed by atoms with E-state index < -0.39 is 0 Å². The highest BCUT2D eigenvalue weighted by Gasteiger charge is 1.91. The molecule has 3 heteroatoms. The predicted molar refractivity (Wildman–Crippen MR) is 88.4 cm³/mol. The largest absolute Gasteiger partial charge is 0.508 e. The average molecular weight is 292 g/mol. The summed E-state index contributed by atoms with van der Waals surface area (Å²) < 4.78 is 0. The summed E-state index contributed by atoms with van der Waals surface area (Å²) in [4.78, 5) is 11.7. The van der Waals surface area contributed by atoms with Crippen LogP contribution in [0.15, 0.2) is 72.8 Å². The molecule has 0 heterocycles. The summed E-state index contributed by atoms with van der Waals surface area (Å²) in [5, 5.41) is 18.5. The van der Waals surface area contributed by atoms with E-state index in [9.17, 15) is 9.90 Å². The van der Waals surface area contributed by atoms with Gasteiger partial charge in [-0.25, -0.2) is 0 Å². The minimum atomic E-state index is -0.131. The molecule has 110 valence electrons. The third-order valence-electron chi connectivity index (χ3n) is 2.86. The number of carbonyl (C=O) groups is 1. The normalized spacial score (nSPS) is 11.6. The molecule has 0 atom stereocenters. The SMILES string of the molecule is O=C(/C=C/C=C/c1cccc(O)c1)/C=C/c1ccc(O)cc1. The lowest BCUT2D eigenvalue weighted by atomic mass is 10.2. The minimum Gasteiger partial charge on any atom is -0.508 e. The fourth-order valence-electron chi connectivity index (χ4n) is 1.76. The van der Waals surface area contributed by atoms with Crippen molar-refractivity contribution in [2.75, 3.05) is 0 Å². The van der Waals surface area contributed by atoms with Crippen molar-refractivity contribution in [1.82, 2.24) is 0 Å². The quantitative estimate of drug-likeness (QED) is 0.648. The highest BCUT2D eigenvalue weighted by molar-refractivity contribution is 6.02. The van der Waals surface area contributed by atoms with Gasteiger partial charge in [-0.3, -0.25) is 4.79 Å². The molecule has 0 saturated carbocycles. The first kappa shape index (κ1) is 15.3. The Labute approximate surface area is 129 Å². The van der Waals surface area contributed by atoms with Gasteiger partial charge in [0.15, 0.2) is 5.78 Å². The molecular weight excluding hydrogens is 276 g/mol. The van der Waals surface area contributed by atoms with Crippen LogP contribution in [0.3, 0.4) is 0 Å². The maximum atomic E-state index is 11.7. The van der Waals surface area contributed by atoms with Crippen LogP contribution in [0.5, 0.6) is 11.5 Å². The molecule has 2 rings (SSSR count). The van der Waals surface area contributed by atoms with Crippen molar-refractivity contribution in [3.8, 4) is 11.5 Å². The molecule has 0 aliphatic heterocycles. The molecule has 3 nitrogen and oxygen atoms in total. The molecule has 0 aromatic heterocycles. The molecule has 0 amide bonds. The van der Waals surface area contributed by atoms with Crippen molar-refractivity contribution >= 4 is 17.9 Å². The van der Waals surface area contributed by atoms with Gasteiger partial charge in [-0.05, 0) is 47.5 Å². The maximum absolute atomic E-state index is 11.7. The average Bonchev–Trinajstić information content (AvgIpc) is 2.51. The molecule has 2 N–H and O–H groups in total. The molecule has 2 aromatic rings. The Hall–Kier alpha value is -3.07. The topological polar surface area (TPSA) is 57.5 Å². The lowest BCUT2D eigenvalue weighted by Crippen LogP contribution is -1.83. The van der Waals surface area contributed by atoms with Crippen molar-refractivity contribution in [3.63, 3.8) is 0 Å². The molecule has 0 saturated heterocycles. The lowest BCUT2D eigenvalue weighted by Gasteiger charge is -1.93. The van der Waals surface area contributed by atoms with Gasteiger partial charge in [-0.15, -0.1) is 0 Å². The Bertz CT molecular complexity index is 723. The van der Waals surface area contributed by atoms with E-state index >= 15 is 0 Å². The van der Waals surface area contributed by atoms with E-state index in [1.54, 1.807) is 66.8 Å². The van der Waals surface area contributed by atoms with Crippen molar-refractivity contribution in [2.45, 2.75) is 0 Å². The van der Waals surface area contributed by atoms with Gasteiger partial charge in [0.2, 0.25) is 0 Å². The van der Waals surface area contributed by atoms with Gasteiger partial charge in [-0.1, -0.05) is 48.6 Å². The van der Waals surface area contributed by atoms with E-state index in [0.29, 0.717) is 0 Å². The molecule has 0 aliphatic rings. The number of phenols is 2. The second kappa shape index (κ2) is 7.64. The fourth-order valence-corrected chi connectivity index (χ4v) is 1.76. The number of hydrogen-bond donors (Lipinski definition) is 2. The van der Waals surface area contributed by atoms with Crippen LogP contribution in [0.4, 0.5) is 0 Å². The summed E-state index contributed by atoms with van der Waals surface area (Å²) in [7, 11) is 0. The smallest absolute Gasteiger partial charge is 0.178 e. The summed E-state index contributed by atoms with van der Waals surface area (Å²) in [5.74, 6) is 0.271. The van der Waals surface area contributed by atoms with Gasteiger partial charge in [0.05, 0.1) is 0 Å². The molecule has 0 fully saturated rings. The first-order valence-corrected chi connectivity index (χ1v) is 6.78. The summed E-state index contributed by atoms with van der Waals surface area (Å²) in [6.07, 6.45) is 9.79. The van der Waals surface area contributed by atoms with Gasteiger partial charge >= 0.3 is 0 Å². The number of benzene rings is 2. The first-order valence-electron chi connectivity index (χ1n) is 6.78. The number of rotatable bonds is 5. The Kier molecular flexibility index (Phi) is 5.32. The van der Waals surface area contributed by atoms with Crippen LogP contribution in [-0.4, -0.2) is 16.0 Å². The zero-order chi connectivity index (χ0) is 15.8. The monoisotopic (exact) mass is 292 g/mol. The van der Waals surface area contributed by atoms with Crippen LogP contribution >= 0.6 is 0 Å². The minimum absolute atomic E-state index is 0.131. The van der Waals surface area contributed by atoms with Gasteiger partial charge in [0.25, 0.3) is 0 Å². The van der Waals surface area contributed by atoms with Gasteiger partial charge in [0.1, 0.15) is 11.5 Å². The molecule has 0 aliphatic carbocycles. The highest BCUT2D eigenvalue weighted by atomic mass is 16.3. The molecule has 0 unspecified atom stereocenters. The lowest BCUT2D eigenvalue weighted by molar-refractivity contribution is -0.110. The highest BCUT2D eigenvalue weighted by Crippen LogP contribution is 2.12. The third-order valence-corrected chi connectivity index (χ3v) is 2.86. The van der Waals surface area contributed by atoms with Crippen molar-refractivity contribution < 1.29 is 15.0 Å². The number of hydrogen-bond acceptors (Lipinski definition) is 3. The zero-order valence-electron chi connectivity index (χ0n) is 11.9.